The molecule has 2 rings (SSSR count). The smallest absolute Gasteiger partial charge is 0.374 e. The molecule has 0 radical (unpaired) electrons. The number of carboxylic acid groups (broad SMARTS) is 1. The number of allylic oxidation sites excluding steroid dienone is 7. The third-order valence-electron chi connectivity index (χ3n) is 6.12. The highest BCUT2D eigenvalue weighted by Gasteiger charge is 2.37. The molecule has 0 bridgehead atoms. The number of aliphatic hydroxyl groups is 1. The SMILES string of the molecule is C=C/C=C(\C=C)c1nc2cc(C)c(C(O)NC(C)C(/C=C\C(=C)Cl)=C/C)cc2nc1CCCC(F)(F)C(=O)O. The van der Waals surface area contributed by atoms with Crippen LogP contribution in [0.3, 0.4) is 0 Å². The molecule has 2 unspecified atom stereocenters. The number of nitrogens with zero attached hydrogens (tertiary/aromatic N) is 2. The van der Waals surface area contributed by atoms with Crippen molar-refractivity contribution in [2.24, 2.45) is 0 Å². The van der Waals surface area contributed by atoms with Crippen molar-refractivity contribution in [3.63, 3.8) is 0 Å². The van der Waals surface area contributed by atoms with Gasteiger partial charge in [-0.05, 0) is 63.0 Å². The highest BCUT2D eigenvalue weighted by atomic mass is 35.5. The summed E-state index contributed by atoms with van der Waals surface area (Å²) in [5, 5.41) is 23.3. The topological polar surface area (TPSA) is 95.3 Å². The van der Waals surface area contributed by atoms with Gasteiger partial charge in [0.1, 0.15) is 6.23 Å². The fraction of sp³-hybridized carbons (Fsp3) is 0.300. The maximum atomic E-state index is 13.7. The molecule has 0 spiro atoms. The number of aryl methyl sites for hydroxylation is 2. The van der Waals surface area contributed by atoms with E-state index in [0.29, 0.717) is 38.6 Å². The maximum absolute atomic E-state index is 13.7. The van der Waals surface area contributed by atoms with Gasteiger partial charge in [-0.3, -0.25) is 5.32 Å². The summed E-state index contributed by atoms with van der Waals surface area (Å²) in [6, 6.07) is 3.27. The van der Waals surface area contributed by atoms with E-state index >= 15 is 0 Å². The average Bonchev–Trinajstić information content (AvgIpc) is 2.86. The van der Waals surface area contributed by atoms with Crippen molar-refractivity contribution in [2.75, 3.05) is 0 Å². The number of fused-ring (bicyclic) bond motifs is 1. The first-order chi connectivity index (χ1) is 18.3. The third kappa shape index (κ3) is 8.51. The summed E-state index contributed by atoms with van der Waals surface area (Å²) in [6.45, 7) is 16.8. The summed E-state index contributed by atoms with van der Waals surface area (Å²) >= 11 is 5.83. The molecular weight excluding hydrogens is 524 g/mol. The van der Waals surface area contributed by atoms with Crippen molar-refractivity contribution in [3.05, 3.63) is 101 Å². The molecule has 9 heteroatoms. The number of aliphatic carboxylic acids is 1. The van der Waals surface area contributed by atoms with Crippen LogP contribution in [0, 0.1) is 6.92 Å². The molecule has 0 aliphatic rings. The number of benzene rings is 1. The minimum absolute atomic E-state index is 0.0629. The Morgan fingerprint density at radius 1 is 1.23 bits per heavy atom. The molecule has 39 heavy (non-hydrogen) atoms. The molecule has 0 saturated heterocycles. The van der Waals surface area contributed by atoms with E-state index in [0.717, 1.165) is 11.1 Å². The van der Waals surface area contributed by atoms with Crippen LogP contribution >= 0.6 is 11.6 Å². The van der Waals surface area contributed by atoms with Gasteiger partial charge in [-0.25, -0.2) is 14.8 Å². The summed E-state index contributed by atoms with van der Waals surface area (Å²) in [4.78, 5) is 20.2. The molecule has 0 aliphatic carbocycles. The average molecular weight is 558 g/mol. The van der Waals surface area contributed by atoms with Crippen LogP contribution in [-0.2, 0) is 11.2 Å². The normalized spacial score (nSPS) is 14.4. The highest BCUT2D eigenvalue weighted by Crippen LogP contribution is 2.28. The molecule has 1 heterocycles. The molecule has 6 nitrogen and oxygen atoms in total. The number of carboxylic acids is 1. The number of aromatic nitrogens is 2. The lowest BCUT2D eigenvalue weighted by atomic mass is 10.0. The molecule has 0 aliphatic heterocycles. The lowest BCUT2D eigenvalue weighted by Gasteiger charge is -2.22. The van der Waals surface area contributed by atoms with Crippen molar-refractivity contribution < 1.29 is 23.8 Å². The number of hydrogen-bond acceptors (Lipinski definition) is 5. The standard InChI is InChI=1S/C30H34ClF2N3O3/c1-7-11-22(9-3)27-24(12-10-15-30(32,33)29(38)39)35-26-17-23(18(4)16-25(26)36-27)28(37)34-20(6)21(8-2)14-13-19(5)31/h7-9,11,13-14,16-17,20,28,34,37H,1,3,5,10,12,15H2,2,4,6H3,(H,38,39)/b14-13-,21-8+,22-11+. The first kappa shape index (κ1) is 31.8. The molecule has 208 valence electrons. The van der Waals surface area contributed by atoms with Crippen LogP contribution < -0.4 is 5.32 Å². The van der Waals surface area contributed by atoms with Crippen LogP contribution in [0.5, 0.6) is 0 Å². The van der Waals surface area contributed by atoms with Crippen LogP contribution in [0.1, 0.15) is 55.4 Å². The van der Waals surface area contributed by atoms with Gasteiger partial charge < -0.3 is 10.2 Å². The van der Waals surface area contributed by atoms with Crippen molar-refractivity contribution >= 4 is 34.2 Å². The van der Waals surface area contributed by atoms with Crippen molar-refractivity contribution in [3.8, 4) is 0 Å². The summed E-state index contributed by atoms with van der Waals surface area (Å²) in [6.07, 6.45) is 8.24. The predicted molar refractivity (Wildman–Crippen MR) is 154 cm³/mol. The van der Waals surface area contributed by atoms with Crippen molar-refractivity contribution in [1.29, 1.82) is 0 Å². The number of carbonyl (C=O) groups is 1. The van der Waals surface area contributed by atoms with Crippen molar-refractivity contribution in [2.45, 2.75) is 58.2 Å². The zero-order chi connectivity index (χ0) is 29.3. The third-order valence-corrected chi connectivity index (χ3v) is 6.25. The van der Waals surface area contributed by atoms with E-state index in [9.17, 15) is 18.7 Å². The van der Waals surface area contributed by atoms with Gasteiger partial charge in [0.25, 0.3) is 0 Å². The van der Waals surface area contributed by atoms with E-state index in [4.69, 9.17) is 26.7 Å². The Morgan fingerprint density at radius 2 is 1.90 bits per heavy atom. The minimum atomic E-state index is -3.84. The van der Waals surface area contributed by atoms with Crippen LogP contribution in [-0.4, -0.2) is 38.1 Å². The van der Waals surface area contributed by atoms with E-state index < -0.39 is 24.5 Å². The number of nitrogens with one attached hydrogen (secondary N) is 1. The molecule has 1 aromatic heterocycles. The van der Waals surface area contributed by atoms with E-state index in [1.807, 2.05) is 32.9 Å². The van der Waals surface area contributed by atoms with Gasteiger partial charge in [0.2, 0.25) is 0 Å². The van der Waals surface area contributed by atoms with E-state index in [1.54, 1.807) is 36.4 Å². The summed E-state index contributed by atoms with van der Waals surface area (Å²) in [5.74, 6) is -6.00. The minimum Gasteiger partial charge on any atom is -0.477 e. The molecule has 3 N–H and O–H groups in total. The van der Waals surface area contributed by atoms with Crippen LogP contribution in [0.2, 0.25) is 0 Å². The highest BCUT2D eigenvalue weighted by molar-refractivity contribution is 6.30. The van der Waals surface area contributed by atoms with E-state index in [1.165, 1.54) is 0 Å². The lowest BCUT2D eigenvalue weighted by molar-refractivity contribution is -0.165. The molecule has 1 aromatic carbocycles. The number of halogens is 3. The quantitative estimate of drug-likeness (QED) is 0.172. The number of rotatable bonds is 14. The summed E-state index contributed by atoms with van der Waals surface area (Å²) in [7, 11) is 0. The Labute approximate surface area is 232 Å². The first-order valence-corrected chi connectivity index (χ1v) is 12.7. The Morgan fingerprint density at radius 3 is 2.46 bits per heavy atom. The molecular formula is C30H34ClF2N3O3. The Bertz CT molecular complexity index is 1350. The number of hydrogen-bond donors (Lipinski definition) is 3. The molecule has 2 atom stereocenters. The van der Waals surface area contributed by atoms with Crippen LogP contribution in [0.25, 0.3) is 16.6 Å². The van der Waals surface area contributed by atoms with Crippen molar-refractivity contribution in [1.82, 2.24) is 15.3 Å². The van der Waals surface area contributed by atoms with E-state index in [-0.39, 0.29) is 18.9 Å². The molecule has 0 fully saturated rings. The monoisotopic (exact) mass is 557 g/mol. The Kier molecular flexibility index (Phi) is 11.5. The molecule has 0 saturated carbocycles. The zero-order valence-electron chi connectivity index (χ0n) is 22.3. The summed E-state index contributed by atoms with van der Waals surface area (Å²) in [5.41, 5.74) is 4.69. The largest absolute Gasteiger partial charge is 0.477 e. The zero-order valence-corrected chi connectivity index (χ0v) is 23.1. The van der Waals surface area contributed by atoms with Gasteiger partial charge in [-0.2, -0.15) is 8.78 Å². The second-order valence-electron chi connectivity index (χ2n) is 9.00. The number of alkyl halides is 2. The second kappa shape index (κ2) is 14.1. The maximum Gasteiger partial charge on any atom is 0.374 e. The predicted octanol–water partition coefficient (Wildman–Crippen LogP) is 6.96. The number of aliphatic hydroxyl groups excluding tert-OH is 1. The van der Waals surface area contributed by atoms with Gasteiger partial charge in [0.05, 0.1) is 22.4 Å². The van der Waals surface area contributed by atoms with Crippen LogP contribution in [0.15, 0.2) is 78.9 Å². The lowest BCUT2D eigenvalue weighted by Crippen LogP contribution is -2.32. The van der Waals surface area contributed by atoms with Crippen LogP contribution in [0.4, 0.5) is 8.78 Å². The fourth-order valence-corrected chi connectivity index (χ4v) is 4.08. The fourth-order valence-electron chi connectivity index (χ4n) is 4.02. The Balaban J connectivity index is 2.49. The van der Waals surface area contributed by atoms with Gasteiger partial charge in [-0.15, -0.1) is 0 Å². The molecule has 0 amide bonds. The van der Waals surface area contributed by atoms with Gasteiger partial charge in [0.15, 0.2) is 0 Å². The molecule has 2 aromatic rings. The van der Waals surface area contributed by atoms with Gasteiger partial charge >= 0.3 is 11.9 Å². The van der Waals surface area contributed by atoms with E-state index in [2.05, 4.69) is 25.1 Å². The van der Waals surface area contributed by atoms with Gasteiger partial charge in [0, 0.05) is 28.6 Å². The second-order valence-corrected chi connectivity index (χ2v) is 9.49. The van der Waals surface area contributed by atoms with Gasteiger partial charge in [-0.1, -0.05) is 61.7 Å². The first-order valence-electron chi connectivity index (χ1n) is 12.3. The Hall–Kier alpha value is -3.46. The summed E-state index contributed by atoms with van der Waals surface area (Å²) < 4.78 is 27.4.